The summed E-state index contributed by atoms with van der Waals surface area (Å²) in [6, 6.07) is 10.5. The van der Waals surface area contributed by atoms with Gasteiger partial charge in [-0.15, -0.1) is 0 Å². The van der Waals surface area contributed by atoms with Crippen molar-refractivity contribution in [2.75, 3.05) is 18.4 Å². The van der Waals surface area contributed by atoms with Gasteiger partial charge < -0.3 is 25.7 Å². The van der Waals surface area contributed by atoms with E-state index < -0.39 is 29.8 Å². The normalized spacial score (nSPS) is 16.4. The van der Waals surface area contributed by atoms with Gasteiger partial charge in [-0.3, -0.25) is 9.59 Å². The van der Waals surface area contributed by atoms with Crippen LogP contribution in [0.5, 0.6) is 0 Å². The molecular formula is C23H23Cl2N3O5S. The van der Waals surface area contributed by atoms with Gasteiger partial charge in [0.05, 0.1) is 21.5 Å². The molecule has 1 aliphatic heterocycles. The molecule has 4 N–H and O–H groups in total. The molecule has 1 heterocycles. The Morgan fingerprint density at radius 3 is 2.32 bits per heavy atom. The van der Waals surface area contributed by atoms with Crippen molar-refractivity contribution in [3.63, 3.8) is 0 Å². The fourth-order valence-electron chi connectivity index (χ4n) is 3.67. The second-order valence-electron chi connectivity index (χ2n) is 7.92. The average molecular weight is 524 g/mol. The third-order valence-corrected chi connectivity index (χ3v) is 6.50. The van der Waals surface area contributed by atoms with Crippen molar-refractivity contribution in [3.8, 4) is 0 Å². The second-order valence-corrected chi connectivity index (χ2v) is 9.12. The zero-order valence-corrected chi connectivity index (χ0v) is 20.3. The number of halogens is 2. The van der Waals surface area contributed by atoms with Crippen LogP contribution >= 0.6 is 35.4 Å². The molecule has 0 saturated carbocycles. The number of piperidine rings is 1. The minimum absolute atomic E-state index is 0.135. The number of rotatable bonds is 7. The van der Waals surface area contributed by atoms with Gasteiger partial charge in [0.15, 0.2) is 5.11 Å². The Bertz CT molecular complexity index is 1080. The Balaban J connectivity index is 1.62. The second kappa shape index (κ2) is 11.5. The number of carboxylic acid groups (broad SMARTS) is 2. The third-order valence-electron chi connectivity index (χ3n) is 5.50. The Labute approximate surface area is 211 Å². The number of nitrogens with zero attached hydrogens (tertiary/aromatic N) is 1. The number of hydrogen-bond acceptors (Lipinski definition) is 4. The fraction of sp³-hybridized carbons (Fsp3) is 0.304. The van der Waals surface area contributed by atoms with Gasteiger partial charge in [-0.2, -0.15) is 0 Å². The molecule has 1 aliphatic rings. The van der Waals surface area contributed by atoms with E-state index in [0.29, 0.717) is 30.6 Å². The first-order chi connectivity index (χ1) is 16.2. The van der Waals surface area contributed by atoms with Crippen LogP contribution in [0.2, 0.25) is 10.0 Å². The van der Waals surface area contributed by atoms with E-state index in [2.05, 4.69) is 10.6 Å². The summed E-state index contributed by atoms with van der Waals surface area (Å²) < 4.78 is 0. The number of nitrogens with one attached hydrogen (secondary N) is 2. The Hall–Kier alpha value is -2.88. The molecule has 0 spiro atoms. The summed E-state index contributed by atoms with van der Waals surface area (Å²) in [7, 11) is 0. The number of amides is 1. The molecule has 2 aromatic rings. The topological polar surface area (TPSA) is 119 Å². The molecule has 2 aromatic carbocycles. The van der Waals surface area contributed by atoms with E-state index in [1.54, 1.807) is 47.4 Å². The Morgan fingerprint density at radius 1 is 1.09 bits per heavy atom. The number of hydrogen-bond donors (Lipinski definition) is 4. The highest BCUT2D eigenvalue weighted by atomic mass is 35.5. The lowest BCUT2D eigenvalue weighted by Gasteiger charge is -2.33. The van der Waals surface area contributed by atoms with Crippen LogP contribution in [0.15, 0.2) is 42.5 Å². The van der Waals surface area contributed by atoms with Crippen molar-refractivity contribution < 1.29 is 24.6 Å². The standard InChI is InChI=1S/C23H23Cl2N3O5S/c24-16-4-1-5-17(25)19(16)20(29)26-15-8-6-13(7-9-15)11-18(22(32)33)27-23(34)28-10-2-3-14(12-28)21(30)31/h1,4-9,14,18H,2-3,10-12H2,(H,26,29)(H,27,34)(H,30,31)(H,32,33)/t14?,18-/m0/s1. The third kappa shape index (κ3) is 6.59. The predicted octanol–water partition coefficient (Wildman–Crippen LogP) is 3.91. The van der Waals surface area contributed by atoms with E-state index in [0.717, 1.165) is 0 Å². The van der Waals surface area contributed by atoms with Crippen LogP contribution in [-0.2, 0) is 16.0 Å². The van der Waals surface area contributed by atoms with Gasteiger partial charge in [-0.25, -0.2) is 4.79 Å². The van der Waals surface area contributed by atoms with Gasteiger partial charge in [0, 0.05) is 25.2 Å². The van der Waals surface area contributed by atoms with E-state index in [1.807, 2.05) is 0 Å². The van der Waals surface area contributed by atoms with Crippen LogP contribution in [0.3, 0.4) is 0 Å². The zero-order valence-electron chi connectivity index (χ0n) is 18.0. The summed E-state index contributed by atoms with van der Waals surface area (Å²) in [6.45, 7) is 0.823. The molecule has 1 unspecified atom stereocenters. The van der Waals surface area contributed by atoms with Gasteiger partial charge in [-0.05, 0) is 54.9 Å². The first kappa shape index (κ1) is 25.7. The maximum Gasteiger partial charge on any atom is 0.326 e. The fourth-order valence-corrected chi connectivity index (χ4v) is 4.55. The number of anilines is 1. The molecule has 1 saturated heterocycles. The van der Waals surface area contributed by atoms with Crippen molar-refractivity contribution in [2.45, 2.75) is 25.3 Å². The van der Waals surface area contributed by atoms with E-state index in [4.69, 9.17) is 35.4 Å². The van der Waals surface area contributed by atoms with Crippen LogP contribution in [-0.4, -0.2) is 57.2 Å². The summed E-state index contributed by atoms with van der Waals surface area (Å²) in [6.07, 6.45) is 1.38. The lowest BCUT2D eigenvalue weighted by Crippen LogP contribution is -2.52. The highest BCUT2D eigenvalue weighted by Crippen LogP contribution is 2.25. The van der Waals surface area contributed by atoms with E-state index >= 15 is 0 Å². The number of thiocarbonyl (C=S) groups is 1. The largest absolute Gasteiger partial charge is 0.481 e. The van der Waals surface area contributed by atoms with Gasteiger partial charge in [0.25, 0.3) is 5.91 Å². The Morgan fingerprint density at radius 2 is 1.74 bits per heavy atom. The molecule has 0 aliphatic carbocycles. The predicted molar refractivity (Wildman–Crippen MR) is 134 cm³/mol. The maximum absolute atomic E-state index is 12.5. The van der Waals surface area contributed by atoms with Crippen molar-refractivity contribution in [3.05, 3.63) is 63.6 Å². The molecule has 3 rings (SSSR count). The number of carbonyl (C=O) groups excluding carboxylic acids is 1. The molecule has 8 nitrogen and oxygen atoms in total. The first-order valence-corrected chi connectivity index (χ1v) is 11.7. The van der Waals surface area contributed by atoms with Crippen LogP contribution < -0.4 is 10.6 Å². The van der Waals surface area contributed by atoms with E-state index in [9.17, 15) is 24.6 Å². The lowest BCUT2D eigenvalue weighted by molar-refractivity contribution is -0.143. The lowest BCUT2D eigenvalue weighted by atomic mass is 9.99. The summed E-state index contributed by atoms with van der Waals surface area (Å²) in [5.74, 6) is -2.95. The molecule has 180 valence electrons. The van der Waals surface area contributed by atoms with Crippen molar-refractivity contribution in [1.82, 2.24) is 10.2 Å². The highest BCUT2D eigenvalue weighted by Gasteiger charge is 2.28. The van der Waals surface area contributed by atoms with Gasteiger partial charge in [0.1, 0.15) is 6.04 Å². The molecule has 11 heteroatoms. The van der Waals surface area contributed by atoms with Crippen LogP contribution in [0, 0.1) is 5.92 Å². The van der Waals surface area contributed by atoms with E-state index in [-0.39, 0.29) is 33.7 Å². The SMILES string of the molecule is O=C(Nc1ccc(C[C@H](NC(=S)N2CCCC(C(=O)O)C2)C(=O)O)cc1)c1c(Cl)cccc1Cl. The minimum atomic E-state index is -1.08. The molecule has 0 aromatic heterocycles. The molecular weight excluding hydrogens is 501 g/mol. The molecule has 2 atom stereocenters. The average Bonchev–Trinajstić information content (AvgIpc) is 2.79. The molecule has 0 bridgehead atoms. The number of likely N-dealkylation sites (tertiary alicyclic amines) is 1. The Kier molecular flexibility index (Phi) is 8.71. The minimum Gasteiger partial charge on any atom is -0.481 e. The molecule has 0 radical (unpaired) electrons. The van der Waals surface area contributed by atoms with Crippen LogP contribution in [0.25, 0.3) is 0 Å². The maximum atomic E-state index is 12.5. The monoisotopic (exact) mass is 523 g/mol. The molecule has 1 fully saturated rings. The quantitative estimate of drug-likeness (QED) is 0.403. The number of carboxylic acids is 2. The van der Waals surface area contributed by atoms with Crippen LogP contribution in [0.1, 0.15) is 28.8 Å². The van der Waals surface area contributed by atoms with Gasteiger partial charge in [-0.1, -0.05) is 41.4 Å². The van der Waals surface area contributed by atoms with E-state index in [1.165, 1.54) is 0 Å². The van der Waals surface area contributed by atoms with Crippen molar-refractivity contribution in [1.29, 1.82) is 0 Å². The van der Waals surface area contributed by atoms with Crippen molar-refractivity contribution >= 4 is 64.1 Å². The zero-order chi connectivity index (χ0) is 24.8. The van der Waals surface area contributed by atoms with Crippen LogP contribution in [0.4, 0.5) is 5.69 Å². The summed E-state index contributed by atoms with van der Waals surface area (Å²) >= 11 is 17.5. The first-order valence-electron chi connectivity index (χ1n) is 10.5. The van der Waals surface area contributed by atoms with Gasteiger partial charge >= 0.3 is 11.9 Å². The molecule has 1 amide bonds. The number of aliphatic carboxylic acids is 2. The smallest absolute Gasteiger partial charge is 0.326 e. The number of benzene rings is 2. The summed E-state index contributed by atoms with van der Waals surface area (Å²) in [5.41, 5.74) is 1.37. The highest BCUT2D eigenvalue weighted by molar-refractivity contribution is 7.80. The summed E-state index contributed by atoms with van der Waals surface area (Å²) in [4.78, 5) is 37.3. The number of carbonyl (C=O) groups is 3. The molecule has 34 heavy (non-hydrogen) atoms. The summed E-state index contributed by atoms with van der Waals surface area (Å²) in [5, 5.41) is 25.1. The van der Waals surface area contributed by atoms with Gasteiger partial charge in [0.2, 0.25) is 0 Å². The van der Waals surface area contributed by atoms with Crippen molar-refractivity contribution in [2.24, 2.45) is 5.92 Å².